The van der Waals surface area contributed by atoms with Gasteiger partial charge in [-0.2, -0.15) is 0 Å². The van der Waals surface area contributed by atoms with E-state index in [0.717, 1.165) is 11.3 Å². The fourth-order valence-electron chi connectivity index (χ4n) is 3.00. The summed E-state index contributed by atoms with van der Waals surface area (Å²) in [6, 6.07) is 13.6. The molecule has 1 aliphatic rings. The first-order valence-corrected chi connectivity index (χ1v) is 7.91. The summed E-state index contributed by atoms with van der Waals surface area (Å²) < 4.78 is 5.99. The van der Waals surface area contributed by atoms with Gasteiger partial charge in [0.2, 0.25) is 0 Å². The van der Waals surface area contributed by atoms with E-state index in [0.29, 0.717) is 17.9 Å². The summed E-state index contributed by atoms with van der Waals surface area (Å²) in [5, 5.41) is 0. The van der Waals surface area contributed by atoms with Gasteiger partial charge < -0.3 is 15.4 Å². The van der Waals surface area contributed by atoms with Crippen LogP contribution in [0.1, 0.15) is 25.0 Å². The summed E-state index contributed by atoms with van der Waals surface area (Å²) in [5.74, 6) is 0.701. The third-order valence-electron chi connectivity index (χ3n) is 4.21. The van der Waals surface area contributed by atoms with Crippen LogP contribution in [0.3, 0.4) is 0 Å². The maximum atomic E-state index is 12.9. The van der Waals surface area contributed by atoms with Crippen molar-refractivity contribution in [3.05, 3.63) is 53.6 Å². The number of nitrogens with zero attached hydrogens (tertiary/aromatic N) is 1. The molecule has 0 fully saturated rings. The number of benzene rings is 2. The van der Waals surface area contributed by atoms with E-state index in [1.54, 1.807) is 17.0 Å². The van der Waals surface area contributed by atoms with Crippen molar-refractivity contribution in [2.45, 2.75) is 39.3 Å². The van der Waals surface area contributed by atoms with Gasteiger partial charge in [0.25, 0.3) is 5.91 Å². The summed E-state index contributed by atoms with van der Waals surface area (Å²) in [6.07, 6.45) is 0.0630. The number of fused-ring (bicyclic) bond motifs is 1. The highest BCUT2D eigenvalue weighted by Gasteiger charge is 2.36. The molecule has 1 heterocycles. The molecule has 2 N–H and O–H groups in total. The molecule has 0 saturated carbocycles. The van der Waals surface area contributed by atoms with Gasteiger partial charge in [0.05, 0.1) is 5.69 Å². The second-order valence-corrected chi connectivity index (χ2v) is 6.27. The van der Waals surface area contributed by atoms with Gasteiger partial charge in [-0.05, 0) is 50.1 Å². The third-order valence-corrected chi connectivity index (χ3v) is 4.21. The number of hydrogen-bond donors (Lipinski definition) is 1. The number of amides is 1. The van der Waals surface area contributed by atoms with Gasteiger partial charge in [0.1, 0.15) is 5.75 Å². The predicted molar refractivity (Wildman–Crippen MR) is 92.8 cm³/mol. The third kappa shape index (κ3) is 2.89. The number of nitrogen functional groups attached to an aromatic ring is 1. The number of hydrogen-bond acceptors (Lipinski definition) is 3. The molecule has 0 aromatic heterocycles. The van der Waals surface area contributed by atoms with E-state index in [4.69, 9.17) is 10.5 Å². The fraction of sp³-hybridized carbons (Fsp3) is 0.316. The van der Waals surface area contributed by atoms with E-state index in [-0.39, 0.29) is 11.9 Å². The lowest BCUT2D eigenvalue weighted by molar-refractivity contribution is -0.126. The topological polar surface area (TPSA) is 55.6 Å². The van der Waals surface area contributed by atoms with Gasteiger partial charge >= 0.3 is 0 Å². The molecule has 120 valence electrons. The van der Waals surface area contributed by atoms with Crippen molar-refractivity contribution < 1.29 is 9.53 Å². The predicted octanol–water partition coefficient (Wildman–Crippen LogP) is 3.32. The maximum absolute atomic E-state index is 12.9. The van der Waals surface area contributed by atoms with Gasteiger partial charge in [-0.3, -0.25) is 4.79 Å². The number of carbonyl (C=O) groups is 1. The van der Waals surface area contributed by atoms with Crippen LogP contribution in [0.15, 0.2) is 42.5 Å². The van der Waals surface area contributed by atoms with E-state index >= 15 is 0 Å². The minimum Gasteiger partial charge on any atom is -0.478 e. The zero-order chi connectivity index (χ0) is 16.6. The Bertz CT molecular complexity index is 740. The van der Waals surface area contributed by atoms with E-state index < -0.39 is 6.10 Å². The molecule has 0 aliphatic carbocycles. The second kappa shape index (κ2) is 5.95. The first-order chi connectivity index (χ1) is 11.0. The van der Waals surface area contributed by atoms with E-state index in [1.165, 1.54) is 5.56 Å². The lowest BCUT2D eigenvalue weighted by Crippen LogP contribution is -2.50. The number of anilines is 2. The number of nitrogens with two attached hydrogens (primary N) is 1. The quantitative estimate of drug-likeness (QED) is 0.885. The maximum Gasteiger partial charge on any atom is 0.268 e. The molecule has 23 heavy (non-hydrogen) atoms. The lowest BCUT2D eigenvalue weighted by atomic mass is 10.00. The second-order valence-electron chi connectivity index (χ2n) is 6.27. The monoisotopic (exact) mass is 310 g/mol. The van der Waals surface area contributed by atoms with Crippen LogP contribution in [0.5, 0.6) is 5.75 Å². The minimum atomic E-state index is -0.505. The van der Waals surface area contributed by atoms with Crippen molar-refractivity contribution >= 4 is 17.3 Å². The van der Waals surface area contributed by atoms with Gasteiger partial charge in [-0.1, -0.05) is 24.3 Å². The van der Waals surface area contributed by atoms with Crippen molar-refractivity contribution in [1.82, 2.24) is 0 Å². The number of ether oxygens (including phenoxy) is 1. The molecule has 0 bridgehead atoms. The molecule has 4 nitrogen and oxygen atoms in total. The van der Waals surface area contributed by atoms with E-state index in [9.17, 15) is 4.79 Å². The summed E-state index contributed by atoms with van der Waals surface area (Å²) in [4.78, 5) is 14.7. The van der Waals surface area contributed by atoms with Crippen LogP contribution in [-0.4, -0.2) is 18.1 Å². The summed E-state index contributed by atoms with van der Waals surface area (Å²) in [5.41, 5.74) is 9.56. The zero-order valence-electron chi connectivity index (χ0n) is 13.7. The van der Waals surface area contributed by atoms with Crippen LogP contribution in [0, 0.1) is 6.92 Å². The highest BCUT2D eigenvalue weighted by molar-refractivity contribution is 6.01. The first kappa shape index (κ1) is 15.4. The number of carbonyl (C=O) groups excluding carboxylic acids is 1. The Morgan fingerprint density at radius 3 is 2.65 bits per heavy atom. The number of rotatable bonds is 3. The van der Waals surface area contributed by atoms with Crippen LogP contribution in [0.4, 0.5) is 11.4 Å². The zero-order valence-corrected chi connectivity index (χ0v) is 13.7. The van der Waals surface area contributed by atoms with Crippen molar-refractivity contribution in [3.8, 4) is 5.75 Å². The van der Waals surface area contributed by atoms with Crippen LogP contribution < -0.4 is 15.4 Å². The molecule has 0 saturated heterocycles. The van der Waals surface area contributed by atoms with Crippen molar-refractivity contribution in [3.63, 3.8) is 0 Å². The summed E-state index contributed by atoms with van der Waals surface area (Å²) in [6.45, 7) is 6.06. The Labute approximate surface area is 136 Å². The molecule has 1 amide bonds. The van der Waals surface area contributed by atoms with Crippen molar-refractivity contribution in [1.29, 1.82) is 0 Å². The van der Waals surface area contributed by atoms with Crippen LogP contribution in [-0.2, 0) is 11.2 Å². The van der Waals surface area contributed by atoms with Crippen LogP contribution >= 0.6 is 0 Å². The van der Waals surface area contributed by atoms with Gasteiger partial charge in [0.15, 0.2) is 6.10 Å². The molecule has 0 radical (unpaired) electrons. The van der Waals surface area contributed by atoms with E-state index in [2.05, 4.69) is 13.0 Å². The fourth-order valence-corrected chi connectivity index (χ4v) is 3.00. The Balaban J connectivity index is 1.97. The molecule has 4 heteroatoms. The minimum absolute atomic E-state index is 0.0126. The first-order valence-electron chi connectivity index (χ1n) is 7.91. The largest absolute Gasteiger partial charge is 0.478 e. The average molecular weight is 310 g/mol. The smallest absolute Gasteiger partial charge is 0.268 e. The molecule has 3 rings (SSSR count). The van der Waals surface area contributed by atoms with Crippen LogP contribution in [0.2, 0.25) is 0 Å². The summed E-state index contributed by atoms with van der Waals surface area (Å²) >= 11 is 0. The lowest BCUT2D eigenvalue weighted by Gasteiger charge is -2.37. The Morgan fingerprint density at radius 2 is 1.96 bits per heavy atom. The molecule has 2 aromatic carbocycles. The molecule has 2 aromatic rings. The Morgan fingerprint density at radius 1 is 1.22 bits per heavy atom. The highest BCUT2D eigenvalue weighted by Crippen LogP contribution is 2.37. The van der Waals surface area contributed by atoms with Crippen molar-refractivity contribution in [2.75, 3.05) is 10.6 Å². The Kier molecular flexibility index (Phi) is 3.99. The summed E-state index contributed by atoms with van der Waals surface area (Å²) in [7, 11) is 0. The van der Waals surface area contributed by atoms with Gasteiger partial charge in [0, 0.05) is 18.2 Å². The molecule has 1 unspecified atom stereocenters. The van der Waals surface area contributed by atoms with Crippen LogP contribution in [0.25, 0.3) is 0 Å². The van der Waals surface area contributed by atoms with Gasteiger partial charge in [-0.15, -0.1) is 0 Å². The highest BCUT2D eigenvalue weighted by atomic mass is 16.5. The molecule has 1 aliphatic heterocycles. The molecular weight excluding hydrogens is 288 g/mol. The van der Waals surface area contributed by atoms with E-state index in [1.807, 2.05) is 38.1 Å². The molecule has 0 spiro atoms. The standard InChI is InChI=1S/C19H22N2O2/c1-12(2)21-16-11-15(20)8-9-17(16)23-18(19(21)22)10-14-7-5-4-6-13(14)3/h4-9,11-12,18H,10,20H2,1-3H3. The number of aryl methyl sites for hydroxylation is 1. The molecule has 1 atom stereocenters. The van der Waals surface area contributed by atoms with Crippen molar-refractivity contribution in [2.24, 2.45) is 0 Å². The molecular formula is C19H22N2O2. The SMILES string of the molecule is Cc1ccccc1CC1Oc2ccc(N)cc2N(C(C)C)C1=O. The Hall–Kier alpha value is -2.49. The normalized spacial score (nSPS) is 17.1. The average Bonchev–Trinajstić information content (AvgIpc) is 2.50. The van der Waals surface area contributed by atoms with Gasteiger partial charge in [-0.25, -0.2) is 0 Å².